The molecule has 3 rings (SSSR count). The molecule has 1 heterocycles. The van der Waals surface area contributed by atoms with Crippen molar-refractivity contribution < 1.29 is 9.64 Å². The summed E-state index contributed by atoms with van der Waals surface area (Å²) in [7, 11) is 3.78. The van der Waals surface area contributed by atoms with Gasteiger partial charge in [-0.15, -0.1) is 0 Å². The SMILES string of the molecule is COc1ccc(Cl)cc1C[NH+](C)Cn1nc(C)n(Cc2ccccc2)c1=S. The highest BCUT2D eigenvalue weighted by Gasteiger charge is 2.14. The molecule has 0 radical (unpaired) electrons. The van der Waals surface area contributed by atoms with Crippen molar-refractivity contribution in [3.63, 3.8) is 0 Å². The molecule has 0 saturated carbocycles. The third-order valence-electron chi connectivity index (χ3n) is 4.45. The minimum atomic E-state index is 0.664. The summed E-state index contributed by atoms with van der Waals surface area (Å²) < 4.78 is 10.1. The van der Waals surface area contributed by atoms with Gasteiger partial charge in [-0.1, -0.05) is 41.9 Å². The summed E-state index contributed by atoms with van der Waals surface area (Å²) in [6.45, 7) is 4.14. The number of hydrogen-bond acceptors (Lipinski definition) is 3. The molecular formula is C20H24ClN4OS+. The lowest BCUT2D eigenvalue weighted by atomic mass is 10.2. The number of halogens is 1. The zero-order valence-electron chi connectivity index (χ0n) is 15.8. The molecule has 0 bridgehead atoms. The zero-order valence-corrected chi connectivity index (χ0v) is 17.3. The van der Waals surface area contributed by atoms with E-state index in [1.165, 1.54) is 10.5 Å². The van der Waals surface area contributed by atoms with Gasteiger partial charge in [-0.2, -0.15) is 9.78 Å². The molecule has 1 atom stereocenters. The molecule has 0 aliphatic carbocycles. The number of hydrogen-bond donors (Lipinski definition) is 1. The largest absolute Gasteiger partial charge is 0.496 e. The van der Waals surface area contributed by atoms with Gasteiger partial charge in [-0.3, -0.25) is 4.57 Å². The Morgan fingerprint density at radius 1 is 1.19 bits per heavy atom. The maximum atomic E-state index is 6.14. The molecule has 1 aromatic heterocycles. The van der Waals surface area contributed by atoms with Crippen LogP contribution >= 0.6 is 23.8 Å². The van der Waals surface area contributed by atoms with Gasteiger partial charge in [0.15, 0.2) is 6.67 Å². The van der Waals surface area contributed by atoms with Crippen molar-refractivity contribution in [1.82, 2.24) is 14.3 Å². The van der Waals surface area contributed by atoms with E-state index in [-0.39, 0.29) is 0 Å². The minimum Gasteiger partial charge on any atom is -0.496 e. The molecule has 0 aliphatic rings. The Bertz CT molecular complexity index is 968. The van der Waals surface area contributed by atoms with Crippen molar-refractivity contribution in [1.29, 1.82) is 0 Å². The number of quaternary nitrogens is 1. The lowest BCUT2D eigenvalue weighted by Crippen LogP contribution is -3.07. The van der Waals surface area contributed by atoms with Crippen LogP contribution in [0.25, 0.3) is 0 Å². The molecule has 0 saturated heterocycles. The number of aryl methyl sites for hydroxylation is 1. The smallest absolute Gasteiger partial charge is 0.203 e. The van der Waals surface area contributed by atoms with Crippen molar-refractivity contribution in [2.45, 2.75) is 26.7 Å². The first-order valence-corrected chi connectivity index (χ1v) is 9.58. The summed E-state index contributed by atoms with van der Waals surface area (Å²) in [5.74, 6) is 1.75. The zero-order chi connectivity index (χ0) is 19.4. The average molecular weight is 404 g/mol. The molecule has 3 aromatic rings. The number of ether oxygens (including phenoxy) is 1. The van der Waals surface area contributed by atoms with E-state index in [1.807, 2.05) is 48.0 Å². The second-order valence-corrected chi connectivity index (χ2v) is 7.45. The Hall–Kier alpha value is -2.15. The van der Waals surface area contributed by atoms with Crippen molar-refractivity contribution >= 4 is 23.8 Å². The average Bonchev–Trinajstić information content (AvgIpc) is 2.90. The van der Waals surface area contributed by atoms with Crippen molar-refractivity contribution in [2.75, 3.05) is 14.2 Å². The minimum absolute atomic E-state index is 0.664. The second kappa shape index (κ2) is 8.69. The van der Waals surface area contributed by atoms with Gasteiger partial charge in [0.25, 0.3) is 0 Å². The topological polar surface area (TPSA) is 36.4 Å². The van der Waals surface area contributed by atoms with Gasteiger partial charge in [0.05, 0.1) is 20.7 Å². The van der Waals surface area contributed by atoms with Crippen LogP contribution in [0.2, 0.25) is 5.02 Å². The first-order valence-electron chi connectivity index (χ1n) is 8.80. The van der Waals surface area contributed by atoms with Crippen LogP contribution in [0, 0.1) is 11.7 Å². The molecule has 2 aromatic carbocycles. The van der Waals surface area contributed by atoms with Gasteiger partial charge in [0, 0.05) is 10.6 Å². The summed E-state index contributed by atoms with van der Waals surface area (Å²) in [4.78, 5) is 1.23. The van der Waals surface area contributed by atoms with E-state index >= 15 is 0 Å². The fraction of sp³-hybridized carbons (Fsp3) is 0.300. The van der Waals surface area contributed by atoms with Crippen LogP contribution in [0.15, 0.2) is 48.5 Å². The normalized spacial score (nSPS) is 12.1. The predicted molar refractivity (Wildman–Crippen MR) is 110 cm³/mol. The fourth-order valence-corrected chi connectivity index (χ4v) is 3.62. The monoisotopic (exact) mass is 403 g/mol. The highest BCUT2D eigenvalue weighted by molar-refractivity contribution is 7.71. The third-order valence-corrected chi connectivity index (χ3v) is 5.11. The van der Waals surface area contributed by atoms with Crippen LogP contribution in [0.1, 0.15) is 17.0 Å². The third kappa shape index (κ3) is 4.77. The van der Waals surface area contributed by atoms with Crippen LogP contribution in [-0.2, 0) is 19.8 Å². The molecular weight excluding hydrogens is 380 g/mol. The summed E-state index contributed by atoms with van der Waals surface area (Å²) >= 11 is 11.8. The number of benzene rings is 2. The Morgan fingerprint density at radius 2 is 1.93 bits per heavy atom. The van der Waals surface area contributed by atoms with Crippen LogP contribution < -0.4 is 9.64 Å². The Balaban J connectivity index is 1.75. The molecule has 7 heteroatoms. The van der Waals surface area contributed by atoms with E-state index in [2.05, 4.69) is 28.8 Å². The van der Waals surface area contributed by atoms with Crippen LogP contribution in [0.5, 0.6) is 5.75 Å². The Kier molecular flexibility index (Phi) is 6.31. The maximum Gasteiger partial charge on any atom is 0.203 e. The lowest BCUT2D eigenvalue weighted by molar-refractivity contribution is -0.917. The molecule has 0 amide bonds. The highest BCUT2D eigenvalue weighted by atomic mass is 35.5. The van der Waals surface area contributed by atoms with Gasteiger partial charge in [-0.05, 0) is 42.9 Å². The molecule has 1 N–H and O–H groups in total. The Labute approximate surface area is 169 Å². The molecule has 0 fully saturated rings. The van der Waals surface area contributed by atoms with E-state index in [4.69, 9.17) is 28.6 Å². The first kappa shape index (κ1) is 19.6. The summed E-state index contributed by atoms with van der Waals surface area (Å²) in [5.41, 5.74) is 2.27. The number of rotatable bonds is 7. The number of nitrogens with one attached hydrogen (secondary N) is 1. The molecule has 5 nitrogen and oxygen atoms in total. The maximum absolute atomic E-state index is 6.14. The predicted octanol–water partition coefficient (Wildman–Crippen LogP) is 3.11. The van der Waals surface area contributed by atoms with Crippen molar-refractivity contribution in [3.8, 4) is 5.75 Å². The summed E-state index contributed by atoms with van der Waals surface area (Å²) in [5, 5.41) is 5.35. The first-order chi connectivity index (χ1) is 13.0. The molecule has 142 valence electrons. The van der Waals surface area contributed by atoms with E-state index in [0.29, 0.717) is 11.7 Å². The molecule has 0 aliphatic heterocycles. The highest BCUT2D eigenvalue weighted by Crippen LogP contribution is 2.21. The lowest BCUT2D eigenvalue weighted by Gasteiger charge is -2.16. The van der Waals surface area contributed by atoms with E-state index in [9.17, 15) is 0 Å². The van der Waals surface area contributed by atoms with Crippen molar-refractivity contribution in [3.05, 3.63) is 75.3 Å². The fourth-order valence-electron chi connectivity index (χ4n) is 3.12. The van der Waals surface area contributed by atoms with Gasteiger partial charge in [-0.25, -0.2) is 0 Å². The van der Waals surface area contributed by atoms with Gasteiger partial charge >= 0.3 is 0 Å². The summed E-state index contributed by atoms with van der Waals surface area (Å²) in [6.07, 6.45) is 0. The van der Waals surface area contributed by atoms with Crippen LogP contribution in [0.3, 0.4) is 0 Å². The standard InChI is InChI=1S/C20H23ClN4OS/c1-15-22-25(20(27)24(15)12-16-7-5-4-6-8-16)14-23(2)13-17-11-18(21)9-10-19(17)26-3/h4-11H,12-14H2,1-3H3/p+1. The quantitative estimate of drug-likeness (QED) is 0.616. The number of nitrogens with zero attached hydrogens (tertiary/aromatic N) is 3. The van der Waals surface area contributed by atoms with E-state index in [0.717, 1.165) is 35.0 Å². The van der Waals surface area contributed by atoms with Gasteiger partial charge in [0.1, 0.15) is 18.1 Å². The van der Waals surface area contributed by atoms with E-state index in [1.54, 1.807) is 7.11 Å². The van der Waals surface area contributed by atoms with Crippen LogP contribution in [0.4, 0.5) is 0 Å². The summed E-state index contributed by atoms with van der Waals surface area (Å²) in [6, 6.07) is 16.0. The van der Waals surface area contributed by atoms with Crippen LogP contribution in [-0.4, -0.2) is 28.5 Å². The number of methoxy groups -OCH3 is 1. The molecule has 0 spiro atoms. The second-order valence-electron chi connectivity index (χ2n) is 6.65. The van der Waals surface area contributed by atoms with Gasteiger partial charge < -0.3 is 9.64 Å². The molecule has 1 unspecified atom stereocenters. The Morgan fingerprint density at radius 3 is 2.63 bits per heavy atom. The van der Waals surface area contributed by atoms with Crippen molar-refractivity contribution in [2.24, 2.45) is 0 Å². The number of aromatic nitrogens is 3. The van der Waals surface area contributed by atoms with Gasteiger partial charge in [0.2, 0.25) is 4.77 Å². The van der Waals surface area contributed by atoms with E-state index < -0.39 is 0 Å². The molecule has 27 heavy (non-hydrogen) atoms.